The lowest BCUT2D eigenvalue weighted by Gasteiger charge is -2.20. The van der Waals surface area contributed by atoms with Gasteiger partial charge >= 0.3 is 0 Å². The molecule has 2 amide bonds. The molecule has 0 saturated heterocycles. The molecule has 0 radical (unpaired) electrons. The summed E-state index contributed by atoms with van der Waals surface area (Å²) in [5, 5.41) is 2.70. The monoisotopic (exact) mass is 277 g/mol. The van der Waals surface area contributed by atoms with Crippen LogP contribution in [0.3, 0.4) is 0 Å². The second-order valence-electron chi connectivity index (χ2n) is 4.56. The maximum atomic E-state index is 12.2. The summed E-state index contributed by atoms with van der Waals surface area (Å²) in [5.41, 5.74) is 7.50. The second kappa shape index (κ2) is 8.32. The Labute approximate surface area is 120 Å². The van der Waals surface area contributed by atoms with E-state index in [1.807, 2.05) is 38.1 Å². The summed E-state index contributed by atoms with van der Waals surface area (Å²) >= 11 is 0. The van der Waals surface area contributed by atoms with Crippen molar-refractivity contribution in [3.63, 3.8) is 0 Å². The summed E-state index contributed by atoms with van der Waals surface area (Å²) in [7, 11) is 0. The standard InChI is InChI=1S/C15H23N3O2/c1-3-17-14(19)11-18(4-2)15(20)9-12-5-7-13(10-16)8-6-12/h5-8H,3-4,9-11,16H2,1-2H3,(H,17,19). The molecule has 1 aromatic rings. The Kier molecular flexibility index (Phi) is 6.73. The van der Waals surface area contributed by atoms with Gasteiger partial charge < -0.3 is 16.0 Å². The van der Waals surface area contributed by atoms with Gasteiger partial charge in [-0.2, -0.15) is 0 Å². The van der Waals surface area contributed by atoms with E-state index in [2.05, 4.69) is 5.32 Å². The molecule has 0 atom stereocenters. The molecule has 3 N–H and O–H groups in total. The van der Waals surface area contributed by atoms with Gasteiger partial charge in [-0.25, -0.2) is 0 Å². The van der Waals surface area contributed by atoms with Gasteiger partial charge in [0.25, 0.3) is 0 Å². The first kappa shape index (κ1) is 16.2. The quantitative estimate of drug-likeness (QED) is 0.769. The number of hydrogen-bond acceptors (Lipinski definition) is 3. The number of carbonyl (C=O) groups excluding carboxylic acids is 2. The van der Waals surface area contributed by atoms with Gasteiger partial charge in [0.2, 0.25) is 11.8 Å². The van der Waals surface area contributed by atoms with Crippen LogP contribution in [0.5, 0.6) is 0 Å². The van der Waals surface area contributed by atoms with Gasteiger partial charge in [-0.15, -0.1) is 0 Å². The molecule has 1 rings (SSSR count). The third-order valence-electron chi connectivity index (χ3n) is 3.06. The summed E-state index contributed by atoms with van der Waals surface area (Å²) in [6, 6.07) is 7.64. The van der Waals surface area contributed by atoms with Gasteiger partial charge in [0.05, 0.1) is 13.0 Å². The van der Waals surface area contributed by atoms with E-state index in [1.165, 1.54) is 0 Å². The van der Waals surface area contributed by atoms with Crippen molar-refractivity contribution in [1.82, 2.24) is 10.2 Å². The van der Waals surface area contributed by atoms with Crippen LogP contribution in [0.2, 0.25) is 0 Å². The van der Waals surface area contributed by atoms with Gasteiger partial charge in [-0.05, 0) is 25.0 Å². The second-order valence-corrected chi connectivity index (χ2v) is 4.56. The van der Waals surface area contributed by atoms with Crippen molar-refractivity contribution in [1.29, 1.82) is 0 Å². The predicted octanol–water partition coefficient (Wildman–Crippen LogP) is 0.672. The van der Waals surface area contributed by atoms with Crippen molar-refractivity contribution in [2.45, 2.75) is 26.8 Å². The average molecular weight is 277 g/mol. The van der Waals surface area contributed by atoms with E-state index < -0.39 is 0 Å². The maximum Gasteiger partial charge on any atom is 0.239 e. The number of likely N-dealkylation sites (N-methyl/N-ethyl adjacent to an activating group) is 2. The lowest BCUT2D eigenvalue weighted by molar-refractivity contribution is -0.135. The van der Waals surface area contributed by atoms with Crippen LogP contribution in [0.4, 0.5) is 0 Å². The van der Waals surface area contributed by atoms with Crippen LogP contribution in [0.1, 0.15) is 25.0 Å². The highest BCUT2D eigenvalue weighted by Crippen LogP contribution is 2.06. The summed E-state index contributed by atoms with van der Waals surface area (Å²) in [5.74, 6) is -0.166. The number of rotatable bonds is 7. The van der Waals surface area contributed by atoms with Crippen LogP contribution in [0.15, 0.2) is 24.3 Å². The Morgan fingerprint density at radius 1 is 1.15 bits per heavy atom. The van der Waals surface area contributed by atoms with Crippen molar-refractivity contribution in [2.24, 2.45) is 5.73 Å². The van der Waals surface area contributed by atoms with E-state index in [4.69, 9.17) is 5.73 Å². The lowest BCUT2D eigenvalue weighted by atomic mass is 10.1. The van der Waals surface area contributed by atoms with E-state index in [0.717, 1.165) is 11.1 Å². The highest BCUT2D eigenvalue weighted by Gasteiger charge is 2.15. The van der Waals surface area contributed by atoms with Crippen LogP contribution >= 0.6 is 0 Å². The minimum Gasteiger partial charge on any atom is -0.355 e. The Balaban J connectivity index is 2.59. The molecule has 5 nitrogen and oxygen atoms in total. The summed E-state index contributed by atoms with van der Waals surface area (Å²) < 4.78 is 0. The Bertz CT molecular complexity index is 443. The fourth-order valence-corrected chi connectivity index (χ4v) is 1.88. The fraction of sp³-hybridized carbons (Fsp3) is 0.467. The van der Waals surface area contributed by atoms with E-state index >= 15 is 0 Å². The van der Waals surface area contributed by atoms with Crippen LogP contribution < -0.4 is 11.1 Å². The summed E-state index contributed by atoms with van der Waals surface area (Å²) in [6.07, 6.45) is 0.304. The summed E-state index contributed by atoms with van der Waals surface area (Å²) in [6.45, 7) is 5.43. The molecule has 1 aromatic carbocycles. The zero-order valence-corrected chi connectivity index (χ0v) is 12.2. The van der Waals surface area contributed by atoms with Crippen LogP contribution in [-0.4, -0.2) is 36.3 Å². The minimum absolute atomic E-state index is 0.0424. The Hall–Kier alpha value is -1.88. The number of amides is 2. The molecule has 0 fully saturated rings. The number of carbonyl (C=O) groups is 2. The molecule has 110 valence electrons. The van der Waals surface area contributed by atoms with Gasteiger partial charge in [0.1, 0.15) is 0 Å². The van der Waals surface area contributed by atoms with Crippen LogP contribution in [0, 0.1) is 0 Å². The molecule has 0 aliphatic heterocycles. The molecule has 0 aliphatic carbocycles. The number of nitrogens with zero attached hydrogens (tertiary/aromatic N) is 1. The normalized spacial score (nSPS) is 10.2. The van der Waals surface area contributed by atoms with Crippen molar-refractivity contribution in [3.8, 4) is 0 Å². The first-order valence-corrected chi connectivity index (χ1v) is 6.93. The Morgan fingerprint density at radius 3 is 2.25 bits per heavy atom. The molecular weight excluding hydrogens is 254 g/mol. The fourth-order valence-electron chi connectivity index (χ4n) is 1.88. The molecule has 0 spiro atoms. The first-order valence-electron chi connectivity index (χ1n) is 6.93. The molecule has 0 aromatic heterocycles. The van der Waals surface area contributed by atoms with Gasteiger partial charge in [-0.3, -0.25) is 9.59 Å². The SMILES string of the molecule is CCNC(=O)CN(CC)C(=O)Cc1ccc(CN)cc1. The Morgan fingerprint density at radius 2 is 1.75 bits per heavy atom. The predicted molar refractivity (Wildman–Crippen MR) is 79.0 cm³/mol. The molecule has 0 saturated carbocycles. The smallest absolute Gasteiger partial charge is 0.239 e. The molecule has 0 bridgehead atoms. The lowest BCUT2D eigenvalue weighted by Crippen LogP contribution is -2.41. The van der Waals surface area contributed by atoms with Crippen molar-refractivity contribution < 1.29 is 9.59 Å². The van der Waals surface area contributed by atoms with Gasteiger partial charge in [0, 0.05) is 19.6 Å². The van der Waals surface area contributed by atoms with Crippen molar-refractivity contribution >= 4 is 11.8 Å². The van der Waals surface area contributed by atoms with Gasteiger partial charge in [-0.1, -0.05) is 24.3 Å². The molecule has 20 heavy (non-hydrogen) atoms. The maximum absolute atomic E-state index is 12.2. The number of nitrogens with two attached hydrogens (primary N) is 1. The largest absolute Gasteiger partial charge is 0.355 e. The molecule has 5 heteroatoms. The average Bonchev–Trinajstić information content (AvgIpc) is 2.45. The minimum atomic E-state index is -0.124. The van der Waals surface area contributed by atoms with E-state index in [9.17, 15) is 9.59 Å². The third-order valence-corrected chi connectivity index (χ3v) is 3.06. The first-order chi connectivity index (χ1) is 9.60. The van der Waals surface area contributed by atoms with Crippen LogP contribution in [-0.2, 0) is 22.6 Å². The highest BCUT2D eigenvalue weighted by atomic mass is 16.2. The number of hydrogen-bond donors (Lipinski definition) is 2. The van der Waals surface area contributed by atoms with E-state index in [1.54, 1.807) is 4.90 Å². The number of nitrogens with one attached hydrogen (secondary N) is 1. The highest BCUT2D eigenvalue weighted by molar-refractivity contribution is 5.85. The van der Waals surface area contributed by atoms with Crippen molar-refractivity contribution in [2.75, 3.05) is 19.6 Å². The summed E-state index contributed by atoms with van der Waals surface area (Å²) in [4.78, 5) is 25.3. The van der Waals surface area contributed by atoms with E-state index in [0.29, 0.717) is 26.1 Å². The zero-order valence-electron chi connectivity index (χ0n) is 12.2. The van der Waals surface area contributed by atoms with E-state index in [-0.39, 0.29) is 18.4 Å². The third kappa shape index (κ3) is 5.01. The molecule has 0 unspecified atom stereocenters. The van der Waals surface area contributed by atoms with Crippen LogP contribution in [0.25, 0.3) is 0 Å². The van der Waals surface area contributed by atoms with Gasteiger partial charge in [0.15, 0.2) is 0 Å². The topological polar surface area (TPSA) is 75.4 Å². The number of benzene rings is 1. The molecule has 0 aliphatic rings. The molecule has 0 heterocycles. The molecular formula is C15H23N3O2. The zero-order chi connectivity index (χ0) is 15.0. The van der Waals surface area contributed by atoms with Crippen molar-refractivity contribution in [3.05, 3.63) is 35.4 Å².